The summed E-state index contributed by atoms with van der Waals surface area (Å²) in [4.78, 5) is 14.1. The SMILES string of the molecule is COc1ccc(Cl)cc1NC(=O)N1CC[N+](C)(C)CC1. The molecule has 1 aliphatic heterocycles. The number of benzene rings is 1. The molecule has 1 aromatic rings. The number of rotatable bonds is 2. The first-order valence-electron chi connectivity index (χ1n) is 6.63. The van der Waals surface area contributed by atoms with E-state index in [1.54, 1.807) is 25.3 Å². The first-order valence-corrected chi connectivity index (χ1v) is 7.00. The number of piperazine rings is 1. The van der Waals surface area contributed by atoms with Crippen LogP contribution >= 0.6 is 11.6 Å². The third-order valence-corrected chi connectivity index (χ3v) is 3.88. The molecule has 2 rings (SSSR count). The van der Waals surface area contributed by atoms with Gasteiger partial charge in [-0.15, -0.1) is 0 Å². The second-order valence-electron chi connectivity index (χ2n) is 5.64. The summed E-state index contributed by atoms with van der Waals surface area (Å²) < 4.78 is 6.18. The van der Waals surface area contributed by atoms with Crippen LogP contribution in [0.1, 0.15) is 0 Å². The van der Waals surface area contributed by atoms with Gasteiger partial charge in [-0.2, -0.15) is 0 Å². The highest BCUT2D eigenvalue weighted by molar-refractivity contribution is 6.31. The van der Waals surface area contributed by atoms with E-state index in [-0.39, 0.29) is 6.03 Å². The highest BCUT2D eigenvalue weighted by Gasteiger charge is 2.27. The monoisotopic (exact) mass is 298 g/mol. The molecule has 0 radical (unpaired) electrons. The van der Waals surface area contributed by atoms with Crippen molar-refractivity contribution in [1.82, 2.24) is 4.90 Å². The van der Waals surface area contributed by atoms with Gasteiger partial charge >= 0.3 is 6.03 Å². The summed E-state index contributed by atoms with van der Waals surface area (Å²) in [6.45, 7) is 3.42. The second kappa shape index (κ2) is 5.89. The van der Waals surface area contributed by atoms with Gasteiger partial charge in [-0.3, -0.25) is 0 Å². The van der Waals surface area contributed by atoms with E-state index in [2.05, 4.69) is 19.4 Å². The zero-order chi connectivity index (χ0) is 14.8. The molecule has 1 N–H and O–H groups in total. The van der Waals surface area contributed by atoms with Gasteiger partial charge in [-0.1, -0.05) is 11.6 Å². The van der Waals surface area contributed by atoms with Gasteiger partial charge in [0.05, 0.1) is 53.1 Å². The Bertz CT molecular complexity index is 495. The fourth-order valence-corrected chi connectivity index (χ4v) is 2.35. The molecule has 2 amide bonds. The van der Waals surface area contributed by atoms with Crippen LogP contribution in [0.3, 0.4) is 0 Å². The molecule has 0 unspecified atom stereocenters. The van der Waals surface area contributed by atoms with Crippen molar-refractivity contribution in [3.05, 3.63) is 23.2 Å². The van der Waals surface area contributed by atoms with Gasteiger partial charge in [0.25, 0.3) is 0 Å². The van der Waals surface area contributed by atoms with E-state index in [9.17, 15) is 4.79 Å². The quantitative estimate of drug-likeness (QED) is 0.851. The van der Waals surface area contributed by atoms with E-state index >= 15 is 0 Å². The Labute approximate surface area is 124 Å². The Morgan fingerprint density at radius 3 is 2.60 bits per heavy atom. The minimum absolute atomic E-state index is 0.106. The molecule has 0 atom stereocenters. The highest BCUT2D eigenvalue weighted by atomic mass is 35.5. The Morgan fingerprint density at radius 2 is 2.00 bits per heavy atom. The molecule has 110 valence electrons. The fourth-order valence-electron chi connectivity index (χ4n) is 2.18. The molecule has 1 heterocycles. The van der Waals surface area contributed by atoms with Crippen LogP contribution in [-0.4, -0.2) is 62.8 Å². The minimum Gasteiger partial charge on any atom is -0.495 e. The molecule has 0 bridgehead atoms. The number of nitrogens with one attached hydrogen (secondary N) is 1. The van der Waals surface area contributed by atoms with Crippen LogP contribution in [0.4, 0.5) is 10.5 Å². The molecule has 1 aliphatic rings. The number of ether oxygens (including phenoxy) is 1. The molecule has 5 nitrogen and oxygen atoms in total. The van der Waals surface area contributed by atoms with Crippen molar-refractivity contribution in [2.75, 3.05) is 52.7 Å². The first kappa shape index (κ1) is 14.9. The topological polar surface area (TPSA) is 41.6 Å². The normalized spacial score (nSPS) is 17.7. The maximum atomic E-state index is 12.3. The molecular formula is C14H21ClN3O2+. The largest absolute Gasteiger partial charge is 0.495 e. The lowest BCUT2D eigenvalue weighted by atomic mass is 10.3. The summed E-state index contributed by atoms with van der Waals surface area (Å²) in [7, 11) is 5.92. The van der Waals surface area contributed by atoms with E-state index < -0.39 is 0 Å². The molecule has 0 saturated carbocycles. The van der Waals surface area contributed by atoms with Gasteiger partial charge in [-0.05, 0) is 18.2 Å². The van der Waals surface area contributed by atoms with Gasteiger partial charge in [0.15, 0.2) is 0 Å². The van der Waals surface area contributed by atoms with Crippen LogP contribution in [0.15, 0.2) is 18.2 Å². The summed E-state index contributed by atoms with van der Waals surface area (Å²) in [6, 6.07) is 5.07. The number of urea groups is 1. The maximum Gasteiger partial charge on any atom is 0.322 e. The van der Waals surface area contributed by atoms with Crippen molar-refractivity contribution in [3.8, 4) is 5.75 Å². The Hall–Kier alpha value is -1.46. The van der Waals surface area contributed by atoms with Gasteiger partial charge in [-0.25, -0.2) is 4.79 Å². The van der Waals surface area contributed by atoms with Crippen LogP contribution in [0.5, 0.6) is 5.75 Å². The number of likely N-dealkylation sites (N-methyl/N-ethyl adjacent to an activating group) is 1. The number of hydrogen-bond donors (Lipinski definition) is 1. The van der Waals surface area contributed by atoms with Crippen molar-refractivity contribution in [1.29, 1.82) is 0 Å². The van der Waals surface area contributed by atoms with Crippen LogP contribution in [0.25, 0.3) is 0 Å². The van der Waals surface area contributed by atoms with E-state index in [4.69, 9.17) is 16.3 Å². The summed E-state index contributed by atoms with van der Waals surface area (Å²) in [5, 5.41) is 3.44. The molecule has 1 aromatic carbocycles. The van der Waals surface area contributed by atoms with Crippen molar-refractivity contribution in [3.63, 3.8) is 0 Å². The predicted octanol–water partition coefficient (Wildman–Crippen LogP) is 2.27. The van der Waals surface area contributed by atoms with E-state index in [0.717, 1.165) is 30.7 Å². The third-order valence-electron chi connectivity index (χ3n) is 3.64. The predicted molar refractivity (Wildman–Crippen MR) is 80.4 cm³/mol. The zero-order valence-corrected chi connectivity index (χ0v) is 12.9. The van der Waals surface area contributed by atoms with Crippen LogP contribution in [0, 0.1) is 0 Å². The number of nitrogens with zero attached hydrogens (tertiary/aromatic N) is 2. The van der Waals surface area contributed by atoms with Crippen molar-refractivity contribution in [2.45, 2.75) is 0 Å². The average molecular weight is 299 g/mol. The van der Waals surface area contributed by atoms with Gasteiger partial charge in [0, 0.05) is 5.02 Å². The number of methoxy groups -OCH3 is 1. The Morgan fingerprint density at radius 1 is 1.35 bits per heavy atom. The smallest absolute Gasteiger partial charge is 0.322 e. The third kappa shape index (κ3) is 3.55. The number of hydrogen-bond acceptors (Lipinski definition) is 2. The van der Waals surface area contributed by atoms with E-state index in [1.807, 2.05) is 4.90 Å². The zero-order valence-electron chi connectivity index (χ0n) is 12.1. The molecular weight excluding hydrogens is 278 g/mol. The lowest BCUT2D eigenvalue weighted by molar-refractivity contribution is -0.894. The van der Waals surface area contributed by atoms with Gasteiger partial charge in [0.2, 0.25) is 0 Å². The van der Waals surface area contributed by atoms with Crippen molar-refractivity contribution < 1.29 is 14.0 Å². The Kier molecular flexibility index (Phi) is 4.40. The highest BCUT2D eigenvalue weighted by Crippen LogP contribution is 2.28. The molecule has 0 aromatic heterocycles. The van der Waals surface area contributed by atoms with E-state index in [0.29, 0.717) is 16.5 Å². The number of halogens is 1. The Balaban J connectivity index is 2.03. The lowest BCUT2D eigenvalue weighted by Crippen LogP contribution is -2.56. The molecule has 0 spiro atoms. The molecule has 1 fully saturated rings. The average Bonchev–Trinajstić information content (AvgIpc) is 2.38. The van der Waals surface area contributed by atoms with Crippen molar-refractivity contribution in [2.24, 2.45) is 0 Å². The second-order valence-corrected chi connectivity index (χ2v) is 6.08. The standard InChI is InChI=1S/C14H20ClN3O2/c1-18(2)8-6-17(7-9-18)14(19)16-12-10-11(15)4-5-13(12)20-3/h4-5,10H,6-9H2,1-3H3/p+1. The summed E-state index contributed by atoms with van der Waals surface area (Å²) >= 11 is 5.96. The maximum absolute atomic E-state index is 12.3. The van der Waals surface area contributed by atoms with E-state index in [1.165, 1.54) is 0 Å². The number of anilines is 1. The van der Waals surface area contributed by atoms with Crippen LogP contribution in [0.2, 0.25) is 5.02 Å². The van der Waals surface area contributed by atoms with Crippen LogP contribution in [-0.2, 0) is 0 Å². The number of carbonyl (C=O) groups is 1. The fraction of sp³-hybridized carbons (Fsp3) is 0.500. The van der Waals surface area contributed by atoms with Gasteiger partial charge < -0.3 is 19.4 Å². The molecule has 20 heavy (non-hydrogen) atoms. The molecule has 6 heteroatoms. The number of quaternary nitrogens is 1. The number of amides is 2. The van der Waals surface area contributed by atoms with Crippen molar-refractivity contribution >= 4 is 23.3 Å². The lowest BCUT2D eigenvalue weighted by Gasteiger charge is -2.38. The summed E-state index contributed by atoms with van der Waals surface area (Å²) in [5.41, 5.74) is 0.601. The molecule has 1 saturated heterocycles. The summed E-state index contributed by atoms with van der Waals surface area (Å²) in [5.74, 6) is 0.607. The molecule has 0 aliphatic carbocycles. The number of carbonyl (C=O) groups excluding carboxylic acids is 1. The minimum atomic E-state index is -0.106. The summed E-state index contributed by atoms with van der Waals surface area (Å²) in [6.07, 6.45) is 0. The first-order chi connectivity index (χ1) is 9.41. The van der Waals surface area contributed by atoms with Crippen LogP contribution < -0.4 is 10.1 Å². The van der Waals surface area contributed by atoms with Gasteiger partial charge in [0.1, 0.15) is 5.75 Å².